The highest BCUT2D eigenvalue weighted by molar-refractivity contribution is 6.29. The zero-order valence-corrected chi connectivity index (χ0v) is 15.8. The number of hydrogen-bond acceptors (Lipinski definition) is 9. The number of hydrogen-bond donors (Lipinski definition) is 5. The number of ketones is 2. The van der Waals surface area contributed by atoms with Crippen molar-refractivity contribution < 1.29 is 44.6 Å². The van der Waals surface area contributed by atoms with Gasteiger partial charge in [0.25, 0.3) is 0 Å². The Kier molecular flexibility index (Phi) is 5.08. The lowest BCUT2D eigenvalue weighted by molar-refractivity contribution is -0.277. The van der Waals surface area contributed by atoms with Crippen LogP contribution < -0.4 is 4.74 Å². The Morgan fingerprint density at radius 3 is 2.23 bits per heavy atom. The van der Waals surface area contributed by atoms with E-state index in [-0.39, 0.29) is 33.6 Å². The highest BCUT2D eigenvalue weighted by Crippen LogP contribution is 2.42. The molecule has 0 spiro atoms. The van der Waals surface area contributed by atoms with Gasteiger partial charge in [-0.25, -0.2) is 0 Å². The first-order valence-electron chi connectivity index (χ1n) is 9.28. The molecule has 2 aliphatic rings. The number of aromatic hydroxyl groups is 1. The molecule has 5 atom stereocenters. The summed E-state index contributed by atoms with van der Waals surface area (Å²) in [6, 6.07) is 7.61. The van der Waals surface area contributed by atoms with Gasteiger partial charge in [-0.3, -0.25) is 9.59 Å². The van der Waals surface area contributed by atoms with Crippen LogP contribution in [0.4, 0.5) is 0 Å². The van der Waals surface area contributed by atoms with E-state index in [1.807, 2.05) is 0 Å². The Hall–Kier alpha value is -2.82. The minimum Gasteiger partial charge on any atom is -0.504 e. The fraction of sp³-hybridized carbons (Fsp3) is 0.333. The molecule has 9 nitrogen and oxygen atoms in total. The summed E-state index contributed by atoms with van der Waals surface area (Å²) in [5, 5.41) is 50.1. The van der Waals surface area contributed by atoms with Crippen LogP contribution in [0.3, 0.4) is 0 Å². The third-order valence-electron chi connectivity index (χ3n) is 5.42. The van der Waals surface area contributed by atoms with Crippen LogP contribution in [0, 0.1) is 6.92 Å². The molecule has 5 N–H and O–H groups in total. The van der Waals surface area contributed by atoms with E-state index in [1.54, 1.807) is 12.1 Å². The third kappa shape index (κ3) is 2.99. The van der Waals surface area contributed by atoms with Crippen LogP contribution >= 0.6 is 0 Å². The SMILES string of the molecule is Cc1cc2c(c(O[C@@H]3O[C@H](CO)[C@@H](O)[C@H](O)[C@H]3O)c1O)C(=O)c1ccccc1C2=O. The second-order valence-corrected chi connectivity index (χ2v) is 7.31. The first-order valence-corrected chi connectivity index (χ1v) is 9.28. The molecule has 0 unspecified atom stereocenters. The predicted octanol–water partition coefficient (Wildman–Crippen LogP) is -0.345. The van der Waals surface area contributed by atoms with Crippen molar-refractivity contribution >= 4 is 11.6 Å². The summed E-state index contributed by atoms with van der Waals surface area (Å²) in [5.74, 6) is -1.81. The summed E-state index contributed by atoms with van der Waals surface area (Å²) in [4.78, 5) is 26.1. The Labute approximate surface area is 170 Å². The number of phenolic OH excluding ortho intramolecular Hbond substituents is 1. The maximum absolute atomic E-state index is 13.1. The molecule has 1 aliphatic heterocycles. The van der Waals surface area contributed by atoms with E-state index in [0.717, 1.165) is 0 Å². The summed E-state index contributed by atoms with van der Waals surface area (Å²) in [7, 11) is 0. The van der Waals surface area contributed by atoms with Crippen molar-refractivity contribution in [3.63, 3.8) is 0 Å². The van der Waals surface area contributed by atoms with Crippen LogP contribution in [0.15, 0.2) is 30.3 Å². The first-order chi connectivity index (χ1) is 14.3. The standard InChI is InChI=1S/C21H20O9/c1-8-6-11-13(16(25)10-5-3-2-4-9(10)15(11)24)20(14(8)23)30-21-19(28)18(27)17(26)12(7-22)29-21/h2-6,12,17-19,21-23,26-28H,7H2,1H3/t12-,17-,18+,19-,21+/m1/s1. The largest absolute Gasteiger partial charge is 0.504 e. The average Bonchev–Trinajstić information content (AvgIpc) is 2.75. The van der Waals surface area contributed by atoms with Crippen LogP contribution in [0.5, 0.6) is 11.5 Å². The van der Waals surface area contributed by atoms with Gasteiger partial charge in [0.05, 0.1) is 12.2 Å². The molecule has 4 rings (SSSR count). The van der Waals surface area contributed by atoms with Gasteiger partial charge in [-0.1, -0.05) is 24.3 Å². The van der Waals surface area contributed by atoms with Gasteiger partial charge < -0.3 is 35.0 Å². The van der Waals surface area contributed by atoms with Crippen molar-refractivity contribution in [2.24, 2.45) is 0 Å². The van der Waals surface area contributed by atoms with Crippen LogP contribution in [-0.2, 0) is 4.74 Å². The third-order valence-corrected chi connectivity index (χ3v) is 5.42. The maximum atomic E-state index is 13.1. The van der Waals surface area contributed by atoms with E-state index in [1.165, 1.54) is 25.1 Å². The lowest BCUT2D eigenvalue weighted by Crippen LogP contribution is -2.60. The predicted molar refractivity (Wildman–Crippen MR) is 101 cm³/mol. The summed E-state index contributed by atoms with van der Waals surface area (Å²) < 4.78 is 10.9. The van der Waals surface area contributed by atoms with Crippen LogP contribution in [0.1, 0.15) is 37.4 Å². The Morgan fingerprint density at radius 1 is 0.967 bits per heavy atom. The zero-order chi connectivity index (χ0) is 21.7. The Morgan fingerprint density at radius 2 is 1.60 bits per heavy atom. The van der Waals surface area contributed by atoms with E-state index < -0.39 is 54.6 Å². The van der Waals surface area contributed by atoms with E-state index in [0.29, 0.717) is 0 Å². The number of aryl methyl sites for hydroxylation is 1. The lowest BCUT2D eigenvalue weighted by atomic mass is 9.82. The van der Waals surface area contributed by atoms with E-state index in [4.69, 9.17) is 9.47 Å². The monoisotopic (exact) mass is 416 g/mol. The smallest absolute Gasteiger partial charge is 0.229 e. The summed E-state index contributed by atoms with van der Waals surface area (Å²) in [6.45, 7) is 0.835. The van der Waals surface area contributed by atoms with Crippen LogP contribution in [0.25, 0.3) is 0 Å². The quantitative estimate of drug-likeness (QED) is 0.386. The van der Waals surface area contributed by atoms with Crippen molar-refractivity contribution in [2.45, 2.75) is 37.6 Å². The van der Waals surface area contributed by atoms with Gasteiger partial charge in [0.2, 0.25) is 6.29 Å². The van der Waals surface area contributed by atoms with Gasteiger partial charge >= 0.3 is 0 Å². The first kappa shape index (κ1) is 20.5. The fourth-order valence-corrected chi connectivity index (χ4v) is 3.74. The average molecular weight is 416 g/mol. The number of carbonyl (C=O) groups excluding carboxylic acids is 2. The van der Waals surface area contributed by atoms with Crippen molar-refractivity contribution in [3.8, 4) is 11.5 Å². The van der Waals surface area contributed by atoms with Gasteiger partial charge in [-0.15, -0.1) is 0 Å². The molecule has 158 valence electrons. The molecular weight excluding hydrogens is 396 g/mol. The molecule has 2 aromatic carbocycles. The molecule has 1 fully saturated rings. The number of benzene rings is 2. The molecule has 0 amide bonds. The molecule has 9 heteroatoms. The van der Waals surface area contributed by atoms with Crippen LogP contribution in [0.2, 0.25) is 0 Å². The van der Waals surface area contributed by atoms with Gasteiger partial charge in [-0.2, -0.15) is 0 Å². The summed E-state index contributed by atoms with van der Waals surface area (Å²) >= 11 is 0. The highest BCUT2D eigenvalue weighted by atomic mass is 16.7. The minimum atomic E-state index is -1.75. The number of phenols is 1. The minimum absolute atomic E-state index is 0.0218. The lowest BCUT2D eigenvalue weighted by Gasteiger charge is -2.40. The second kappa shape index (κ2) is 7.46. The molecule has 2 aromatic rings. The number of aliphatic hydroxyl groups is 4. The molecule has 0 bridgehead atoms. The van der Waals surface area contributed by atoms with Gasteiger partial charge in [0.15, 0.2) is 23.1 Å². The fourth-order valence-electron chi connectivity index (χ4n) is 3.74. The molecule has 1 heterocycles. The molecular formula is C21H20O9. The second-order valence-electron chi connectivity index (χ2n) is 7.31. The van der Waals surface area contributed by atoms with Gasteiger partial charge in [-0.05, 0) is 18.6 Å². The molecule has 1 aliphatic carbocycles. The molecule has 30 heavy (non-hydrogen) atoms. The topological polar surface area (TPSA) is 154 Å². The van der Waals surface area contributed by atoms with E-state index in [9.17, 15) is 35.1 Å². The Bertz CT molecular complexity index is 1030. The van der Waals surface area contributed by atoms with E-state index >= 15 is 0 Å². The van der Waals surface area contributed by atoms with Gasteiger partial charge in [0, 0.05) is 16.7 Å². The highest BCUT2D eigenvalue weighted by Gasteiger charge is 2.46. The maximum Gasteiger partial charge on any atom is 0.229 e. The van der Waals surface area contributed by atoms with E-state index in [2.05, 4.69) is 0 Å². The normalized spacial score (nSPS) is 28.1. The number of rotatable bonds is 3. The zero-order valence-electron chi connectivity index (χ0n) is 15.8. The van der Waals surface area contributed by atoms with Crippen molar-refractivity contribution in [3.05, 3.63) is 58.1 Å². The molecule has 1 saturated heterocycles. The molecule has 0 saturated carbocycles. The molecule has 0 aromatic heterocycles. The number of ether oxygens (including phenoxy) is 2. The number of fused-ring (bicyclic) bond motifs is 2. The van der Waals surface area contributed by atoms with Crippen LogP contribution in [-0.4, -0.2) is 74.4 Å². The van der Waals surface area contributed by atoms with Crippen molar-refractivity contribution in [2.75, 3.05) is 6.61 Å². The summed E-state index contributed by atoms with van der Waals surface area (Å²) in [6.07, 6.45) is -7.92. The van der Waals surface area contributed by atoms with Gasteiger partial charge in [0.1, 0.15) is 24.4 Å². The summed E-state index contributed by atoms with van der Waals surface area (Å²) in [5.41, 5.74) is 0.428. The molecule has 0 radical (unpaired) electrons. The van der Waals surface area contributed by atoms with Crippen molar-refractivity contribution in [1.29, 1.82) is 0 Å². The van der Waals surface area contributed by atoms with Crippen molar-refractivity contribution in [1.82, 2.24) is 0 Å². The Balaban J connectivity index is 1.81. The number of aliphatic hydroxyl groups excluding tert-OH is 4. The number of carbonyl (C=O) groups is 2.